The molecule has 1 rings (SSSR count). The van der Waals surface area contributed by atoms with Gasteiger partial charge in [-0.05, 0) is 103 Å². The molecule has 0 saturated carbocycles. The Labute approximate surface area is 411 Å². The molecule has 6 unspecified atom stereocenters. The molecule has 0 radical (unpaired) electrons. The molecule has 0 aromatic carbocycles. The fraction of sp³-hybridized carbons (Fsp3) is 0.655. The molecule has 388 valence electrons. The normalized spacial score (nSPS) is 20.2. The monoisotopic (exact) mass is 975 g/mol. The van der Waals surface area contributed by atoms with Gasteiger partial charge in [-0.25, -0.2) is 4.18 Å². The lowest BCUT2D eigenvalue weighted by Crippen LogP contribution is -2.60. The van der Waals surface area contributed by atoms with Gasteiger partial charge in [0.15, 0.2) is 6.29 Å². The molecule has 6 atom stereocenters. The van der Waals surface area contributed by atoms with Crippen LogP contribution in [0.5, 0.6) is 0 Å². The third-order valence-electron chi connectivity index (χ3n) is 10.9. The number of hydrogen-bond donors (Lipinski definition) is 4. The molecular formula is C55H90O12S. The van der Waals surface area contributed by atoms with Crippen molar-refractivity contribution < 1.29 is 56.2 Å². The minimum absolute atomic E-state index is 0.00502. The van der Waals surface area contributed by atoms with E-state index in [0.29, 0.717) is 13.0 Å². The van der Waals surface area contributed by atoms with Gasteiger partial charge in [0.1, 0.15) is 30.5 Å². The van der Waals surface area contributed by atoms with Crippen LogP contribution in [0.4, 0.5) is 0 Å². The van der Waals surface area contributed by atoms with E-state index >= 15 is 0 Å². The molecule has 4 N–H and O–H groups in total. The average molecular weight is 975 g/mol. The number of ether oxygens (including phenoxy) is 4. The van der Waals surface area contributed by atoms with E-state index in [1.165, 1.54) is 19.3 Å². The van der Waals surface area contributed by atoms with Crippen molar-refractivity contribution in [1.82, 2.24) is 0 Å². The lowest BCUT2D eigenvalue weighted by molar-refractivity contribution is -0.301. The lowest BCUT2D eigenvalue weighted by atomic mass is 9.99. The molecule has 1 aliphatic heterocycles. The quantitative estimate of drug-likeness (QED) is 0.0197. The van der Waals surface area contributed by atoms with Gasteiger partial charge in [0.05, 0.1) is 19.8 Å². The standard InChI is InChI=1S/C55H90O12S/c1-3-5-7-9-11-13-15-17-19-20-21-22-23-24-25-26-27-28-29-31-33-35-37-39-41-43-45-63-47-49(48-64-55-53(59)54(67-68(60,61)62)52(58)50(46-56)66-55)65-51(57)44-42-40-38-36-34-32-30-18-16-14-12-10-8-6-4-2/h5,7,11-14,17-19,21-22,24-25,27-28,30-31,33,49-50,52-56,58-59H,3-4,6,8-10,15-16,20,23,26,29,32,34-48H2,1-2H3,(H,60,61,62)/b7-5-,13-11-,14-12-,19-17-,22-21-,25-24-,28-27-,30-18-,33-31-. The van der Waals surface area contributed by atoms with Crippen LogP contribution in [0.1, 0.15) is 168 Å². The van der Waals surface area contributed by atoms with Gasteiger partial charge in [0.25, 0.3) is 0 Å². The van der Waals surface area contributed by atoms with Crippen LogP contribution in [0, 0.1) is 0 Å². The topological polar surface area (TPSA) is 178 Å². The number of aliphatic hydroxyl groups is 3. The molecule has 1 saturated heterocycles. The van der Waals surface area contributed by atoms with Crippen molar-refractivity contribution in [3.05, 3.63) is 109 Å². The molecule has 1 fully saturated rings. The summed E-state index contributed by atoms with van der Waals surface area (Å²) >= 11 is 0. The third-order valence-corrected chi connectivity index (χ3v) is 11.3. The average Bonchev–Trinajstić information content (AvgIpc) is 3.31. The van der Waals surface area contributed by atoms with E-state index in [-0.39, 0.29) is 19.6 Å². The minimum Gasteiger partial charge on any atom is -0.457 e. The first kappa shape index (κ1) is 62.8. The molecule has 0 amide bonds. The number of esters is 1. The van der Waals surface area contributed by atoms with E-state index < -0.39 is 59.8 Å². The number of hydrogen-bond acceptors (Lipinski definition) is 11. The number of carbonyl (C=O) groups excluding carboxylic acids is 1. The van der Waals surface area contributed by atoms with Crippen LogP contribution < -0.4 is 0 Å². The van der Waals surface area contributed by atoms with Crippen molar-refractivity contribution in [1.29, 1.82) is 0 Å². The van der Waals surface area contributed by atoms with Gasteiger partial charge in [0, 0.05) is 13.0 Å². The highest BCUT2D eigenvalue weighted by molar-refractivity contribution is 7.80. The highest BCUT2D eigenvalue weighted by Gasteiger charge is 2.48. The van der Waals surface area contributed by atoms with Crippen LogP contribution >= 0.6 is 0 Å². The Morgan fingerprint density at radius 1 is 0.574 bits per heavy atom. The maximum Gasteiger partial charge on any atom is 0.397 e. The van der Waals surface area contributed by atoms with E-state index in [0.717, 1.165) is 122 Å². The number of aliphatic hydroxyl groups excluding tert-OH is 3. The van der Waals surface area contributed by atoms with Gasteiger partial charge in [-0.15, -0.1) is 0 Å². The van der Waals surface area contributed by atoms with Crippen LogP contribution in [0.2, 0.25) is 0 Å². The Morgan fingerprint density at radius 2 is 1.01 bits per heavy atom. The van der Waals surface area contributed by atoms with Crippen LogP contribution in [0.15, 0.2) is 109 Å². The molecule has 0 aromatic rings. The first-order valence-electron chi connectivity index (χ1n) is 25.6. The van der Waals surface area contributed by atoms with Crippen molar-refractivity contribution in [3.63, 3.8) is 0 Å². The second kappa shape index (κ2) is 44.9. The summed E-state index contributed by atoms with van der Waals surface area (Å²) in [4.78, 5) is 12.9. The molecule has 1 aliphatic rings. The van der Waals surface area contributed by atoms with Crippen molar-refractivity contribution in [2.45, 2.75) is 205 Å². The van der Waals surface area contributed by atoms with Crippen molar-refractivity contribution in [3.8, 4) is 0 Å². The number of unbranched alkanes of at least 4 members (excludes halogenated alkanes) is 12. The van der Waals surface area contributed by atoms with Crippen LogP contribution in [-0.2, 0) is 38.3 Å². The Balaban J connectivity index is 2.39. The zero-order chi connectivity index (χ0) is 49.6. The summed E-state index contributed by atoms with van der Waals surface area (Å²) < 4.78 is 59.2. The van der Waals surface area contributed by atoms with Crippen LogP contribution in [-0.4, -0.2) is 97.5 Å². The van der Waals surface area contributed by atoms with Gasteiger partial charge in [0.2, 0.25) is 0 Å². The number of rotatable bonds is 43. The van der Waals surface area contributed by atoms with Gasteiger partial charge >= 0.3 is 16.4 Å². The molecule has 0 aromatic heterocycles. The Hall–Kier alpha value is -3.24. The van der Waals surface area contributed by atoms with E-state index in [2.05, 4.69) is 127 Å². The highest BCUT2D eigenvalue weighted by Crippen LogP contribution is 2.26. The number of allylic oxidation sites excluding steroid dienone is 18. The molecule has 0 aliphatic carbocycles. The second-order valence-corrected chi connectivity index (χ2v) is 18.1. The Morgan fingerprint density at radius 3 is 1.49 bits per heavy atom. The predicted octanol–water partition coefficient (Wildman–Crippen LogP) is 12.0. The van der Waals surface area contributed by atoms with Gasteiger partial charge < -0.3 is 34.3 Å². The van der Waals surface area contributed by atoms with Gasteiger partial charge in [-0.1, -0.05) is 168 Å². The summed E-state index contributed by atoms with van der Waals surface area (Å²) in [5.74, 6) is -0.428. The molecule has 1 heterocycles. The van der Waals surface area contributed by atoms with E-state index in [1.807, 2.05) is 0 Å². The van der Waals surface area contributed by atoms with Gasteiger partial charge in [-0.3, -0.25) is 9.35 Å². The zero-order valence-electron chi connectivity index (χ0n) is 41.6. The zero-order valence-corrected chi connectivity index (χ0v) is 42.4. The fourth-order valence-electron chi connectivity index (χ4n) is 7.03. The van der Waals surface area contributed by atoms with Gasteiger partial charge in [-0.2, -0.15) is 8.42 Å². The summed E-state index contributed by atoms with van der Waals surface area (Å²) in [6, 6.07) is 0. The van der Waals surface area contributed by atoms with E-state index in [4.69, 9.17) is 18.9 Å². The highest BCUT2D eigenvalue weighted by atomic mass is 32.3. The summed E-state index contributed by atoms with van der Waals surface area (Å²) in [6.07, 6.45) is 54.0. The first-order valence-corrected chi connectivity index (χ1v) is 27.0. The molecule has 0 bridgehead atoms. The molecule has 68 heavy (non-hydrogen) atoms. The second-order valence-electron chi connectivity index (χ2n) is 17.0. The minimum atomic E-state index is -5.08. The first-order chi connectivity index (χ1) is 33.1. The van der Waals surface area contributed by atoms with E-state index in [1.54, 1.807) is 0 Å². The Kier molecular flexibility index (Phi) is 41.5. The fourth-order valence-corrected chi connectivity index (χ4v) is 7.54. The summed E-state index contributed by atoms with van der Waals surface area (Å²) in [6.45, 7) is 3.75. The summed E-state index contributed by atoms with van der Waals surface area (Å²) in [7, 11) is -5.08. The predicted molar refractivity (Wildman–Crippen MR) is 275 cm³/mol. The summed E-state index contributed by atoms with van der Waals surface area (Å²) in [5.41, 5.74) is 0. The van der Waals surface area contributed by atoms with Crippen molar-refractivity contribution >= 4 is 16.4 Å². The summed E-state index contributed by atoms with van der Waals surface area (Å²) in [5, 5.41) is 30.7. The third kappa shape index (κ3) is 37.6. The Bertz CT molecular complexity index is 1590. The molecule has 13 heteroatoms. The van der Waals surface area contributed by atoms with Crippen LogP contribution in [0.3, 0.4) is 0 Å². The SMILES string of the molecule is CC/C=C\C/C=C\C/C=C\C/C=C\C/C=C\C/C=C\C/C=C\CCCCCCOCC(COC1OC(CO)C(O)C(OS(=O)(=O)O)C1O)OC(=O)CCCCCCC/C=C\C/C=C\CCCCC. The number of carbonyl (C=O) groups is 1. The smallest absolute Gasteiger partial charge is 0.397 e. The maximum atomic E-state index is 12.9. The largest absolute Gasteiger partial charge is 0.457 e. The van der Waals surface area contributed by atoms with Crippen LogP contribution in [0.25, 0.3) is 0 Å². The van der Waals surface area contributed by atoms with Crippen molar-refractivity contribution in [2.24, 2.45) is 0 Å². The molecule has 12 nitrogen and oxygen atoms in total. The molecule has 0 spiro atoms. The lowest BCUT2D eigenvalue weighted by Gasteiger charge is -2.41. The van der Waals surface area contributed by atoms with Crippen molar-refractivity contribution in [2.75, 3.05) is 26.4 Å². The maximum absolute atomic E-state index is 12.9. The molecular weight excluding hydrogens is 885 g/mol. The van der Waals surface area contributed by atoms with E-state index in [9.17, 15) is 33.1 Å².